The molecule has 4 nitrogen and oxygen atoms in total. The van der Waals surface area contributed by atoms with Crippen LogP contribution in [0.2, 0.25) is 0 Å². The van der Waals surface area contributed by atoms with Gasteiger partial charge in [-0.25, -0.2) is 0 Å². The number of halogens is 3. The number of anilines is 1. The van der Waals surface area contributed by atoms with Gasteiger partial charge < -0.3 is 5.11 Å². The molecule has 0 aliphatic carbocycles. The van der Waals surface area contributed by atoms with E-state index >= 15 is 0 Å². The number of carbonyl (C=O) groups is 2. The number of phenolic OH excluding ortho intramolecular Hbond substituents is 1. The van der Waals surface area contributed by atoms with Crippen LogP contribution in [0.1, 0.15) is 28.4 Å². The van der Waals surface area contributed by atoms with Gasteiger partial charge in [-0.2, -0.15) is 13.2 Å². The molecule has 0 radical (unpaired) electrons. The number of rotatable bonds is 3. The Balaban J connectivity index is 2.01. The lowest BCUT2D eigenvalue weighted by atomic mass is 10.1. The number of nitrogens with zero attached hydrogens (tertiary/aromatic N) is 1. The SMILES string of the molecule is CC(=O)c1cc(/C=C2\SC(=S)N(c3ccccc3C(F)(F)F)C2=O)ccc1O. The van der Waals surface area contributed by atoms with Gasteiger partial charge in [-0.3, -0.25) is 14.5 Å². The molecule has 9 heteroatoms. The number of thiocarbonyl (C=S) groups is 1. The third kappa shape index (κ3) is 3.81. The largest absolute Gasteiger partial charge is 0.507 e. The molecule has 0 bridgehead atoms. The van der Waals surface area contributed by atoms with Crippen molar-refractivity contribution in [3.8, 4) is 5.75 Å². The molecule has 1 saturated heterocycles. The van der Waals surface area contributed by atoms with Gasteiger partial charge in [0.25, 0.3) is 5.91 Å². The Morgan fingerprint density at radius 1 is 1.21 bits per heavy atom. The second-order valence-corrected chi connectivity index (χ2v) is 7.54. The lowest BCUT2D eigenvalue weighted by Gasteiger charge is -2.20. The van der Waals surface area contributed by atoms with Crippen LogP contribution in [0.5, 0.6) is 5.75 Å². The Labute approximate surface area is 167 Å². The maximum absolute atomic E-state index is 13.3. The minimum Gasteiger partial charge on any atom is -0.507 e. The number of hydrogen-bond acceptors (Lipinski definition) is 5. The molecule has 0 saturated carbocycles. The molecule has 144 valence electrons. The zero-order valence-electron chi connectivity index (χ0n) is 14.3. The van der Waals surface area contributed by atoms with Crippen LogP contribution in [0.3, 0.4) is 0 Å². The van der Waals surface area contributed by atoms with E-state index in [1.54, 1.807) is 0 Å². The summed E-state index contributed by atoms with van der Waals surface area (Å²) in [4.78, 5) is 25.3. The van der Waals surface area contributed by atoms with Crippen LogP contribution < -0.4 is 4.90 Å². The summed E-state index contributed by atoms with van der Waals surface area (Å²) in [5.41, 5.74) is -0.786. The van der Waals surface area contributed by atoms with Gasteiger partial charge in [-0.15, -0.1) is 0 Å². The molecule has 1 aliphatic heterocycles. The first-order valence-electron chi connectivity index (χ1n) is 7.87. The normalized spacial score (nSPS) is 16.1. The van der Waals surface area contributed by atoms with E-state index in [2.05, 4.69) is 0 Å². The van der Waals surface area contributed by atoms with Gasteiger partial charge in [-0.05, 0) is 42.8 Å². The van der Waals surface area contributed by atoms with Crippen molar-refractivity contribution in [1.29, 1.82) is 0 Å². The van der Waals surface area contributed by atoms with E-state index in [4.69, 9.17) is 12.2 Å². The summed E-state index contributed by atoms with van der Waals surface area (Å²) < 4.78 is 39.9. The zero-order chi connectivity index (χ0) is 20.6. The van der Waals surface area contributed by atoms with Crippen molar-refractivity contribution < 1.29 is 27.9 Å². The molecular formula is C19H12F3NO3S2. The van der Waals surface area contributed by atoms with E-state index in [1.165, 1.54) is 49.4 Å². The van der Waals surface area contributed by atoms with E-state index in [0.717, 1.165) is 22.7 Å². The number of Topliss-reactive ketones (excluding diaryl/α,β-unsaturated/α-hetero) is 1. The fourth-order valence-corrected chi connectivity index (χ4v) is 3.95. The summed E-state index contributed by atoms with van der Waals surface area (Å²) in [5, 5.41) is 9.71. The highest BCUT2D eigenvalue weighted by atomic mass is 32.2. The Hall–Kier alpha value is -2.65. The number of hydrogen-bond donors (Lipinski definition) is 1. The predicted octanol–water partition coefficient (Wildman–Crippen LogP) is 5.02. The number of para-hydroxylation sites is 1. The molecule has 1 N–H and O–H groups in total. The highest BCUT2D eigenvalue weighted by molar-refractivity contribution is 8.27. The number of carbonyl (C=O) groups excluding carboxylic acids is 2. The molecule has 0 spiro atoms. The topological polar surface area (TPSA) is 57.6 Å². The standard InChI is InChI=1S/C19H12F3NO3S2/c1-10(24)12-8-11(6-7-15(12)25)9-16-17(26)23(18(27)28-16)14-5-3-2-4-13(14)19(20,21)22/h2-9,25H,1H3/b16-9-. The first kappa shape index (κ1) is 20.1. The maximum atomic E-state index is 13.3. The fraction of sp³-hybridized carbons (Fsp3) is 0.105. The molecule has 3 rings (SSSR count). The second-order valence-electron chi connectivity index (χ2n) is 5.86. The smallest absolute Gasteiger partial charge is 0.418 e. The minimum atomic E-state index is -4.64. The van der Waals surface area contributed by atoms with Crippen LogP contribution in [0.4, 0.5) is 18.9 Å². The average Bonchev–Trinajstić information content (AvgIpc) is 2.89. The number of thioether (sulfide) groups is 1. The number of alkyl halides is 3. The monoisotopic (exact) mass is 423 g/mol. The lowest BCUT2D eigenvalue weighted by Crippen LogP contribution is -2.29. The van der Waals surface area contributed by atoms with E-state index < -0.39 is 17.6 Å². The van der Waals surface area contributed by atoms with E-state index in [1.807, 2.05) is 0 Å². The van der Waals surface area contributed by atoms with Crippen LogP contribution in [0.25, 0.3) is 6.08 Å². The number of ketones is 1. The van der Waals surface area contributed by atoms with Crippen molar-refractivity contribution in [3.05, 3.63) is 64.1 Å². The average molecular weight is 423 g/mol. The first-order chi connectivity index (χ1) is 13.1. The van der Waals surface area contributed by atoms with Gasteiger partial charge in [-0.1, -0.05) is 42.2 Å². The van der Waals surface area contributed by atoms with Crippen molar-refractivity contribution >= 4 is 51.8 Å². The van der Waals surface area contributed by atoms with Crippen LogP contribution in [0, 0.1) is 0 Å². The van der Waals surface area contributed by atoms with Crippen molar-refractivity contribution in [2.24, 2.45) is 0 Å². The molecule has 1 heterocycles. The zero-order valence-corrected chi connectivity index (χ0v) is 15.9. The van der Waals surface area contributed by atoms with Gasteiger partial charge >= 0.3 is 6.18 Å². The lowest BCUT2D eigenvalue weighted by molar-refractivity contribution is -0.137. The molecule has 0 aromatic heterocycles. The Kier molecular flexibility index (Phi) is 5.31. The van der Waals surface area contributed by atoms with Gasteiger partial charge in [0.1, 0.15) is 5.75 Å². The third-order valence-corrected chi connectivity index (χ3v) is 5.24. The highest BCUT2D eigenvalue weighted by Gasteiger charge is 2.40. The van der Waals surface area contributed by atoms with E-state index in [9.17, 15) is 27.9 Å². The van der Waals surface area contributed by atoms with Crippen molar-refractivity contribution in [2.75, 3.05) is 4.90 Å². The quantitative estimate of drug-likeness (QED) is 0.427. The summed E-state index contributed by atoms with van der Waals surface area (Å²) in [6, 6.07) is 8.89. The molecular weight excluding hydrogens is 411 g/mol. The van der Waals surface area contributed by atoms with Gasteiger partial charge in [0, 0.05) is 0 Å². The van der Waals surface area contributed by atoms with E-state index in [-0.39, 0.29) is 32.0 Å². The summed E-state index contributed by atoms with van der Waals surface area (Å²) >= 11 is 5.99. The molecule has 28 heavy (non-hydrogen) atoms. The predicted molar refractivity (Wildman–Crippen MR) is 105 cm³/mol. The van der Waals surface area contributed by atoms with Crippen LogP contribution in [0.15, 0.2) is 47.4 Å². The highest BCUT2D eigenvalue weighted by Crippen LogP contribution is 2.42. The summed E-state index contributed by atoms with van der Waals surface area (Å²) in [6.07, 6.45) is -3.22. The molecule has 2 aromatic rings. The summed E-state index contributed by atoms with van der Waals surface area (Å²) in [6.45, 7) is 1.28. The minimum absolute atomic E-state index is 0.0291. The summed E-state index contributed by atoms with van der Waals surface area (Å²) in [7, 11) is 0. The van der Waals surface area contributed by atoms with Crippen molar-refractivity contribution in [2.45, 2.75) is 13.1 Å². The molecule has 1 fully saturated rings. The maximum Gasteiger partial charge on any atom is 0.418 e. The molecule has 1 amide bonds. The van der Waals surface area contributed by atoms with Crippen LogP contribution in [-0.4, -0.2) is 21.1 Å². The number of aromatic hydroxyl groups is 1. The summed E-state index contributed by atoms with van der Waals surface area (Å²) in [5.74, 6) is -1.25. The molecule has 0 atom stereocenters. The molecule has 0 unspecified atom stereocenters. The number of amides is 1. The Bertz CT molecular complexity index is 1030. The number of phenols is 1. The van der Waals surface area contributed by atoms with Crippen LogP contribution >= 0.6 is 24.0 Å². The molecule has 1 aliphatic rings. The Morgan fingerprint density at radius 2 is 1.89 bits per heavy atom. The van der Waals surface area contributed by atoms with Gasteiger partial charge in [0.15, 0.2) is 10.1 Å². The van der Waals surface area contributed by atoms with E-state index in [0.29, 0.717) is 5.56 Å². The van der Waals surface area contributed by atoms with Gasteiger partial charge in [0.05, 0.1) is 21.7 Å². The van der Waals surface area contributed by atoms with Crippen LogP contribution in [-0.2, 0) is 11.0 Å². The molecule has 2 aromatic carbocycles. The van der Waals surface area contributed by atoms with Crippen molar-refractivity contribution in [3.63, 3.8) is 0 Å². The Morgan fingerprint density at radius 3 is 2.54 bits per heavy atom. The van der Waals surface area contributed by atoms with Gasteiger partial charge in [0.2, 0.25) is 0 Å². The van der Waals surface area contributed by atoms with Crippen molar-refractivity contribution in [1.82, 2.24) is 0 Å². The number of benzene rings is 2. The first-order valence-corrected chi connectivity index (χ1v) is 9.10. The third-order valence-electron chi connectivity index (χ3n) is 3.94. The fourth-order valence-electron chi connectivity index (χ4n) is 2.66. The second kappa shape index (κ2) is 7.40.